The van der Waals surface area contributed by atoms with E-state index < -0.39 is 5.97 Å². The van der Waals surface area contributed by atoms with Crippen molar-refractivity contribution >= 4 is 11.9 Å². The number of aliphatic carboxylic acids is 1. The van der Waals surface area contributed by atoms with Crippen LogP contribution in [0.4, 0.5) is 0 Å². The third kappa shape index (κ3) is 11.0. The first kappa shape index (κ1) is 46.0. The summed E-state index contributed by atoms with van der Waals surface area (Å²) in [6, 6.07) is 42.4. The van der Waals surface area contributed by atoms with Crippen LogP contribution in [0, 0.1) is 51.4 Å². The van der Waals surface area contributed by atoms with Crippen LogP contribution in [-0.4, -0.2) is 24.2 Å². The molecule has 0 aromatic heterocycles. The fourth-order valence-electron chi connectivity index (χ4n) is 9.33. The molecule has 0 fully saturated rings. The number of carboxylic acid groups (broad SMARTS) is 1. The van der Waals surface area contributed by atoms with Crippen molar-refractivity contribution in [3.63, 3.8) is 0 Å². The van der Waals surface area contributed by atoms with Gasteiger partial charge in [0.15, 0.2) is 0 Å². The van der Waals surface area contributed by atoms with Crippen molar-refractivity contribution in [3.05, 3.63) is 177 Å². The van der Waals surface area contributed by atoms with Gasteiger partial charge in [0.05, 0.1) is 31.8 Å². The summed E-state index contributed by atoms with van der Waals surface area (Å²) in [5.41, 5.74) is 16.8. The molecule has 0 saturated carbocycles. The number of rotatable bonds is 10. The van der Waals surface area contributed by atoms with Crippen LogP contribution in [0.15, 0.2) is 121 Å². The van der Waals surface area contributed by atoms with Gasteiger partial charge >= 0.3 is 11.9 Å². The number of benzene rings is 6. The topological polar surface area (TPSA) is 82.1 Å². The zero-order chi connectivity index (χ0) is 46.0. The molecule has 0 spiro atoms. The molecule has 6 aromatic rings. The van der Waals surface area contributed by atoms with Gasteiger partial charge in [0.1, 0.15) is 23.7 Å². The number of carboxylic acids is 1. The molecule has 65 heavy (non-hydrogen) atoms. The Morgan fingerprint density at radius 3 is 1.42 bits per heavy atom. The van der Waals surface area contributed by atoms with E-state index >= 15 is 0 Å². The fraction of sp³-hybridized carbons (Fsp3) is 0.288. The van der Waals surface area contributed by atoms with Crippen molar-refractivity contribution in [2.45, 2.75) is 104 Å². The van der Waals surface area contributed by atoms with Crippen LogP contribution in [0.1, 0.15) is 119 Å². The van der Waals surface area contributed by atoms with Crippen molar-refractivity contribution < 1.29 is 28.9 Å². The third-order valence-corrected chi connectivity index (χ3v) is 12.5. The molecular weight excluding hydrogens is 805 g/mol. The first-order valence-corrected chi connectivity index (χ1v) is 22.5. The van der Waals surface area contributed by atoms with Gasteiger partial charge in [-0.25, -0.2) is 0 Å². The Bertz CT molecular complexity index is 2790. The lowest BCUT2D eigenvalue weighted by molar-refractivity contribution is -0.141. The van der Waals surface area contributed by atoms with E-state index in [9.17, 15) is 14.7 Å². The Hall–Kier alpha value is -7.02. The van der Waals surface area contributed by atoms with Gasteiger partial charge in [0, 0.05) is 0 Å². The number of carbonyl (C=O) groups excluding carboxylic acids is 1. The van der Waals surface area contributed by atoms with Gasteiger partial charge in [-0.3, -0.25) is 9.59 Å². The van der Waals surface area contributed by atoms with Crippen LogP contribution >= 0.6 is 0 Å². The van der Waals surface area contributed by atoms with Crippen molar-refractivity contribution in [1.82, 2.24) is 0 Å². The Labute approximate surface area is 385 Å². The van der Waals surface area contributed by atoms with Crippen molar-refractivity contribution in [2.24, 2.45) is 0 Å². The minimum Gasteiger partial charge on any atom is -0.485 e. The van der Waals surface area contributed by atoms with E-state index in [0.717, 1.165) is 53.9 Å². The van der Waals surface area contributed by atoms with E-state index in [2.05, 4.69) is 148 Å². The van der Waals surface area contributed by atoms with Crippen LogP contribution in [-0.2, 0) is 27.2 Å². The molecule has 0 bridgehead atoms. The summed E-state index contributed by atoms with van der Waals surface area (Å²) in [6.07, 6.45) is 3.90. The van der Waals surface area contributed by atoms with E-state index in [1.807, 2.05) is 24.3 Å². The smallest absolute Gasteiger partial charge is 0.307 e. The molecule has 0 amide bonds. The second kappa shape index (κ2) is 21.1. The normalized spacial score (nSPS) is 15.6. The second-order valence-electron chi connectivity index (χ2n) is 17.1. The average molecular weight is 863 g/mol. The maximum Gasteiger partial charge on any atom is 0.307 e. The van der Waals surface area contributed by atoms with Crippen molar-refractivity contribution in [1.29, 1.82) is 0 Å². The van der Waals surface area contributed by atoms with Crippen LogP contribution < -0.4 is 9.47 Å². The number of hydrogen-bond donors (Lipinski definition) is 1. The Balaban J connectivity index is 0.000000194. The van der Waals surface area contributed by atoms with Gasteiger partial charge in [-0.2, -0.15) is 0 Å². The van der Waals surface area contributed by atoms with Gasteiger partial charge < -0.3 is 19.3 Å². The second-order valence-corrected chi connectivity index (χ2v) is 17.1. The fourth-order valence-corrected chi connectivity index (χ4v) is 9.33. The Kier molecular flexibility index (Phi) is 14.9. The maximum absolute atomic E-state index is 11.8. The van der Waals surface area contributed by atoms with Gasteiger partial charge in [-0.1, -0.05) is 109 Å². The number of ether oxygens (including phenoxy) is 3. The van der Waals surface area contributed by atoms with E-state index in [1.165, 1.54) is 68.3 Å². The highest BCUT2D eigenvalue weighted by molar-refractivity contribution is 5.73. The molecule has 6 aromatic carbocycles. The molecule has 4 atom stereocenters. The largest absolute Gasteiger partial charge is 0.485 e. The van der Waals surface area contributed by atoms with Crippen molar-refractivity contribution in [2.75, 3.05) is 7.11 Å². The number of carbonyl (C=O) groups is 2. The predicted molar refractivity (Wildman–Crippen MR) is 260 cm³/mol. The highest BCUT2D eigenvalue weighted by atomic mass is 16.5. The molecule has 0 radical (unpaired) electrons. The van der Waals surface area contributed by atoms with E-state index in [1.54, 1.807) is 13.8 Å². The monoisotopic (exact) mass is 862 g/mol. The number of esters is 1. The Morgan fingerprint density at radius 1 is 0.600 bits per heavy atom. The van der Waals surface area contributed by atoms with Crippen LogP contribution in [0.25, 0.3) is 22.3 Å². The highest BCUT2D eigenvalue weighted by Gasteiger charge is 2.26. The number of methoxy groups -OCH3 is 1. The first-order chi connectivity index (χ1) is 31.5. The first-order valence-electron chi connectivity index (χ1n) is 22.5. The van der Waals surface area contributed by atoms with Crippen LogP contribution in [0.3, 0.4) is 0 Å². The van der Waals surface area contributed by atoms with Gasteiger partial charge in [0.2, 0.25) is 0 Å². The molecule has 330 valence electrons. The quantitative estimate of drug-likeness (QED) is 0.109. The van der Waals surface area contributed by atoms with Gasteiger partial charge in [0.25, 0.3) is 0 Å². The molecule has 6 heteroatoms. The molecule has 6 nitrogen and oxygen atoms in total. The molecule has 1 N–H and O–H groups in total. The SMILES string of the molecule is CC#CC(CC(=O)O)c1ccc2c(c1)CCC(c1cccc(-c3c(C)cccc3C)c1)O2.CC#CC(CC(=O)OC)c1ccc2c(c1)CCC(c1cccc(-c3c(C)cccc3C)c1)O2. The third-order valence-electron chi connectivity index (χ3n) is 12.5. The van der Waals surface area contributed by atoms with E-state index in [0.29, 0.717) is 0 Å². The molecule has 8 rings (SSSR count). The van der Waals surface area contributed by atoms with Crippen LogP contribution in [0.5, 0.6) is 11.5 Å². The lowest BCUT2D eigenvalue weighted by Crippen LogP contribution is -2.16. The summed E-state index contributed by atoms with van der Waals surface area (Å²) in [4.78, 5) is 23.0. The van der Waals surface area contributed by atoms with E-state index in [-0.39, 0.29) is 42.9 Å². The summed E-state index contributed by atoms with van der Waals surface area (Å²) in [5, 5.41) is 9.22. The molecule has 2 aliphatic rings. The summed E-state index contributed by atoms with van der Waals surface area (Å²) >= 11 is 0. The van der Waals surface area contributed by atoms with Crippen molar-refractivity contribution in [3.8, 4) is 57.4 Å². The summed E-state index contributed by atoms with van der Waals surface area (Å²) in [5.74, 6) is 12.2. The van der Waals surface area contributed by atoms with Crippen LogP contribution in [0.2, 0.25) is 0 Å². The maximum atomic E-state index is 11.8. The molecule has 0 saturated heterocycles. The Morgan fingerprint density at radius 2 is 1.02 bits per heavy atom. The van der Waals surface area contributed by atoms with Gasteiger partial charge in [-0.05, 0) is 169 Å². The number of fused-ring (bicyclic) bond motifs is 2. The zero-order valence-electron chi connectivity index (χ0n) is 38.6. The molecular formula is C59H58O6. The minimum atomic E-state index is -0.837. The van der Waals surface area contributed by atoms with Gasteiger partial charge in [-0.15, -0.1) is 11.8 Å². The molecule has 0 aliphatic carbocycles. The van der Waals surface area contributed by atoms with E-state index in [4.69, 9.17) is 14.2 Å². The zero-order valence-corrected chi connectivity index (χ0v) is 38.6. The lowest BCUT2D eigenvalue weighted by atomic mass is 9.90. The predicted octanol–water partition coefficient (Wildman–Crippen LogP) is 13.3. The minimum absolute atomic E-state index is 0.00266. The average Bonchev–Trinajstić information content (AvgIpc) is 3.30. The molecule has 2 aliphatic heterocycles. The highest BCUT2D eigenvalue weighted by Crippen LogP contribution is 2.40. The summed E-state index contributed by atoms with van der Waals surface area (Å²) in [6.45, 7) is 12.2. The lowest BCUT2D eigenvalue weighted by Gasteiger charge is -2.28. The summed E-state index contributed by atoms with van der Waals surface area (Å²) in [7, 11) is 1.41. The molecule has 4 unspecified atom stereocenters. The molecule has 2 heterocycles. The number of hydrogen-bond acceptors (Lipinski definition) is 5. The summed E-state index contributed by atoms with van der Waals surface area (Å²) < 4.78 is 17.7. The number of aryl methyl sites for hydroxylation is 6. The standard InChI is InChI=1S/C30H30O3.C29H28O3/c1-5-8-22(19-29(31)32-4)23-13-15-28-25(17-23)14-16-27(33-28)24-11-7-12-26(18-24)30-20(2)9-6-10-21(30)3;1-4-7-21(18-28(30)31)22-12-14-27-24(16-22)13-15-26(32-27)23-10-6-11-25(17-23)29-19(2)8-5-9-20(29)3/h6-7,9-13,15,17-18,22,27H,14,16,19H2,1-4H3;5-6,8-12,14,16-17,21,26H,13,15,18H2,1-3H3,(H,30,31).